The third-order valence-electron chi connectivity index (χ3n) is 1.84. The first kappa shape index (κ1) is 9.20. The second-order valence-electron chi connectivity index (χ2n) is 2.99. The summed E-state index contributed by atoms with van der Waals surface area (Å²) in [5.41, 5.74) is 11.8. The van der Waals surface area contributed by atoms with Gasteiger partial charge in [-0.3, -0.25) is 9.78 Å². The molecule has 6 heteroatoms. The monoisotopic (exact) mass is 203 g/mol. The van der Waals surface area contributed by atoms with E-state index in [1.54, 1.807) is 18.3 Å². The number of nitrogens with one attached hydrogen (secondary N) is 1. The Morgan fingerprint density at radius 3 is 2.73 bits per heavy atom. The molecule has 6 nitrogen and oxygen atoms in total. The maximum absolute atomic E-state index is 11.1. The lowest BCUT2D eigenvalue weighted by molar-refractivity contribution is 1.14. The van der Waals surface area contributed by atoms with Crippen LogP contribution < -0.4 is 17.0 Å². The second kappa shape index (κ2) is 3.41. The van der Waals surface area contributed by atoms with Crippen LogP contribution in [0.1, 0.15) is 0 Å². The van der Waals surface area contributed by atoms with Gasteiger partial charge in [-0.25, -0.2) is 9.97 Å². The summed E-state index contributed by atoms with van der Waals surface area (Å²) in [6.07, 6.45) is 1.55. The molecule has 15 heavy (non-hydrogen) atoms. The van der Waals surface area contributed by atoms with E-state index in [0.717, 1.165) is 0 Å². The van der Waals surface area contributed by atoms with Crippen molar-refractivity contribution in [1.29, 1.82) is 0 Å². The van der Waals surface area contributed by atoms with Gasteiger partial charge in [0.2, 0.25) is 5.95 Å². The standard InChI is InChI=1S/C9H9N5O/c10-7-3-5(1-2-12-7)6-4-8(15)14-9(11)13-6/h1-4H,(H2,10,12)(H3,11,13,14,15). The van der Waals surface area contributed by atoms with Gasteiger partial charge in [0.15, 0.2) is 0 Å². The average molecular weight is 203 g/mol. The summed E-state index contributed by atoms with van der Waals surface area (Å²) in [7, 11) is 0. The van der Waals surface area contributed by atoms with Crippen molar-refractivity contribution < 1.29 is 0 Å². The van der Waals surface area contributed by atoms with E-state index < -0.39 is 0 Å². The van der Waals surface area contributed by atoms with Gasteiger partial charge in [0, 0.05) is 17.8 Å². The zero-order valence-electron chi connectivity index (χ0n) is 7.77. The minimum Gasteiger partial charge on any atom is -0.384 e. The van der Waals surface area contributed by atoms with Crippen molar-refractivity contribution in [3.8, 4) is 11.3 Å². The van der Waals surface area contributed by atoms with Gasteiger partial charge in [-0.15, -0.1) is 0 Å². The first-order chi connectivity index (χ1) is 7.15. The molecule has 0 spiro atoms. The number of hydrogen-bond acceptors (Lipinski definition) is 5. The van der Waals surface area contributed by atoms with Gasteiger partial charge in [-0.2, -0.15) is 0 Å². The quantitative estimate of drug-likeness (QED) is 0.604. The number of anilines is 2. The van der Waals surface area contributed by atoms with Gasteiger partial charge >= 0.3 is 0 Å². The van der Waals surface area contributed by atoms with E-state index in [1.165, 1.54) is 6.07 Å². The molecule has 0 fully saturated rings. The molecular formula is C9H9N5O. The first-order valence-corrected chi connectivity index (χ1v) is 4.24. The van der Waals surface area contributed by atoms with Gasteiger partial charge in [-0.1, -0.05) is 0 Å². The molecule has 0 aliphatic heterocycles. The maximum atomic E-state index is 11.1. The van der Waals surface area contributed by atoms with Crippen LogP contribution in [-0.2, 0) is 0 Å². The Kier molecular flexibility index (Phi) is 2.09. The van der Waals surface area contributed by atoms with Crippen molar-refractivity contribution in [2.24, 2.45) is 0 Å². The molecule has 0 saturated heterocycles. The molecule has 2 aromatic heterocycles. The molecule has 0 amide bonds. The van der Waals surface area contributed by atoms with E-state index >= 15 is 0 Å². The molecule has 0 aliphatic carbocycles. The lowest BCUT2D eigenvalue weighted by atomic mass is 10.2. The number of nitrogens with zero attached hydrogens (tertiary/aromatic N) is 2. The van der Waals surface area contributed by atoms with E-state index in [1.807, 2.05) is 0 Å². The Morgan fingerprint density at radius 2 is 2.07 bits per heavy atom. The van der Waals surface area contributed by atoms with E-state index in [2.05, 4.69) is 15.0 Å². The fourth-order valence-corrected chi connectivity index (χ4v) is 1.23. The Labute approximate surface area is 85.0 Å². The van der Waals surface area contributed by atoms with Crippen LogP contribution in [0.4, 0.5) is 11.8 Å². The van der Waals surface area contributed by atoms with Gasteiger partial charge in [0.25, 0.3) is 5.56 Å². The smallest absolute Gasteiger partial charge is 0.252 e. The van der Waals surface area contributed by atoms with Crippen LogP contribution in [0.25, 0.3) is 11.3 Å². The molecule has 0 atom stereocenters. The SMILES string of the molecule is Nc1cc(-c2cc(=O)[nH]c(N)n2)ccn1. The van der Waals surface area contributed by atoms with Crippen molar-refractivity contribution in [1.82, 2.24) is 15.0 Å². The normalized spacial score (nSPS) is 10.1. The summed E-state index contributed by atoms with van der Waals surface area (Å²) in [4.78, 5) is 21.3. The molecule has 2 aromatic rings. The fourth-order valence-electron chi connectivity index (χ4n) is 1.23. The molecule has 5 N–H and O–H groups in total. The zero-order valence-corrected chi connectivity index (χ0v) is 7.77. The summed E-state index contributed by atoms with van der Waals surface area (Å²) >= 11 is 0. The van der Waals surface area contributed by atoms with E-state index in [9.17, 15) is 4.79 Å². The number of nitrogen functional groups attached to an aromatic ring is 2. The summed E-state index contributed by atoms with van der Waals surface area (Å²) in [5, 5.41) is 0. The second-order valence-corrected chi connectivity index (χ2v) is 2.99. The highest BCUT2D eigenvalue weighted by Crippen LogP contribution is 2.16. The molecular weight excluding hydrogens is 194 g/mol. The van der Waals surface area contributed by atoms with Gasteiger partial charge in [-0.05, 0) is 12.1 Å². The number of rotatable bonds is 1. The summed E-state index contributed by atoms with van der Waals surface area (Å²) in [6, 6.07) is 4.68. The summed E-state index contributed by atoms with van der Waals surface area (Å²) in [6.45, 7) is 0. The van der Waals surface area contributed by atoms with Crippen molar-refractivity contribution in [3.63, 3.8) is 0 Å². The van der Waals surface area contributed by atoms with Gasteiger partial charge in [0.1, 0.15) is 5.82 Å². The van der Waals surface area contributed by atoms with Crippen LogP contribution >= 0.6 is 0 Å². The van der Waals surface area contributed by atoms with Crippen LogP contribution in [0.5, 0.6) is 0 Å². The Balaban J connectivity index is 2.59. The molecule has 0 aromatic carbocycles. The molecule has 0 radical (unpaired) electrons. The van der Waals surface area contributed by atoms with Crippen LogP contribution in [-0.4, -0.2) is 15.0 Å². The largest absolute Gasteiger partial charge is 0.384 e. The lowest BCUT2D eigenvalue weighted by Gasteiger charge is -2.01. The van der Waals surface area contributed by atoms with Crippen molar-refractivity contribution in [2.75, 3.05) is 11.5 Å². The Morgan fingerprint density at radius 1 is 1.27 bits per heavy atom. The molecule has 2 heterocycles. The van der Waals surface area contributed by atoms with E-state index in [4.69, 9.17) is 11.5 Å². The van der Waals surface area contributed by atoms with E-state index in [-0.39, 0.29) is 11.5 Å². The minimum atomic E-state index is -0.298. The number of nitrogens with two attached hydrogens (primary N) is 2. The fraction of sp³-hybridized carbons (Fsp3) is 0. The molecule has 2 rings (SSSR count). The Hall–Kier alpha value is -2.37. The molecule has 0 bridgehead atoms. The molecule has 0 unspecified atom stereocenters. The highest BCUT2D eigenvalue weighted by molar-refractivity contribution is 5.62. The Bertz CT molecular complexity index is 548. The van der Waals surface area contributed by atoms with E-state index in [0.29, 0.717) is 17.1 Å². The molecule has 0 aliphatic rings. The lowest BCUT2D eigenvalue weighted by Crippen LogP contribution is -2.10. The third kappa shape index (κ3) is 1.93. The van der Waals surface area contributed by atoms with Crippen molar-refractivity contribution >= 4 is 11.8 Å². The molecule has 0 saturated carbocycles. The predicted molar refractivity (Wildman–Crippen MR) is 56.9 cm³/mol. The first-order valence-electron chi connectivity index (χ1n) is 4.24. The van der Waals surface area contributed by atoms with Gasteiger partial charge < -0.3 is 11.5 Å². The van der Waals surface area contributed by atoms with Crippen LogP contribution in [0.3, 0.4) is 0 Å². The number of pyridine rings is 1. The topological polar surface area (TPSA) is 111 Å². The molecule has 76 valence electrons. The van der Waals surface area contributed by atoms with Crippen molar-refractivity contribution in [3.05, 3.63) is 34.7 Å². The highest BCUT2D eigenvalue weighted by atomic mass is 16.1. The van der Waals surface area contributed by atoms with Crippen LogP contribution in [0.2, 0.25) is 0 Å². The minimum absolute atomic E-state index is 0.0767. The zero-order chi connectivity index (χ0) is 10.8. The summed E-state index contributed by atoms with van der Waals surface area (Å²) in [5.74, 6) is 0.445. The number of aromatic nitrogens is 3. The third-order valence-corrected chi connectivity index (χ3v) is 1.84. The van der Waals surface area contributed by atoms with Gasteiger partial charge in [0.05, 0.1) is 5.69 Å². The van der Waals surface area contributed by atoms with Crippen LogP contribution in [0, 0.1) is 0 Å². The average Bonchev–Trinajstić information content (AvgIpc) is 2.16. The maximum Gasteiger partial charge on any atom is 0.252 e. The highest BCUT2D eigenvalue weighted by Gasteiger charge is 2.02. The number of hydrogen-bond donors (Lipinski definition) is 3. The number of aromatic amines is 1. The predicted octanol–water partition coefficient (Wildman–Crippen LogP) is -0.00370. The van der Waals surface area contributed by atoms with Crippen molar-refractivity contribution in [2.45, 2.75) is 0 Å². The van der Waals surface area contributed by atoms with Crippen LogP contribution in [0.15, 0.2) is 29.2 Å². The summed E-state index contributed by atoms with van der Waals surface area (Å²) < 4.78 is 0. The number of H-pyrrole nitrogens is 1.